The number of benzene rings is 2. The molecular formula is C21H18N2O3. The van der Waals surface area contributed by atoms with Crippen LogP contribution in [0.1, 0.15) is 31.1 Å². The molecule has 1 fully saturated rings. The van der Waals surface area contributed by atoms with Gasteiger partial charge in [0.1, 0.15) is 17.5 Å². The highest BCUT2D eigenvalue weighted by Gasteiger charge is 2.50. The van der Waals surface area contributed by atoms with Crippen LogP contribution in [0, 0.1) is 11.3 Å². The number of ether oxygens (including phenoxy) is 2. The molecule has 2 heterocycles. The van der Waals surface area contributed by atoms with Crippen molar-refractivity contribution in [2.24, 2.45) is 0 Å². The Morgan fingerprint density at radius 1 is 1.15 bits per heavy atom. The largest absolute Gasteiger partial charge is 0.454 e. The fraction of sp³-hybridized carbons (Fsp3) is 0.238. The lowest BCUT2D eigenvalue weighted by Crippen LogP contribution is -2.22. The molecule has 1 N–H and O–H groups in total. The van der Waals surface area contributed by atoms with Crippen LogP contribution in [-0.2, 0) is 16.6 Å². The van der Waals surface area contributed by atoms with Gasteiger partial charge in [0, 0.05) is 18.8 Å². The molecule has 130 valence electrons. The van der Waals surface area contributed by atoms with Gasteiger partial charge >= 0.3 is 0 Å². The van der Waals surface area contributed by atoms with Crippen molar-refractivity contribution in [2.75, 3.05) is 6.79 Å². The van der Waals surface area contributed by atoms with E-state index in [1.54, 1.807) is 0 Å². The molecule has 5 nitrogen and oxygen atoms in total. The molecule has 0 bridgehead atoms. The number of nitrogens with zero attached hydrogens (tertiary/aromatic N) is 1. The smallest absolute Gasteiger partial charge is 0.231 e. The molecule has 5 heteroatoms. The third-order valence-electron chi connectivity index (χ3n) is 5.38. The number of H-pyrrole nitrogens is 1. The lowest BCUT2D eigenvalue weighted by Gasteiger charge is -2.15. The van der Waals surface area contributed by atoms with Crippen molar-refractivity contribution >= 4 is 16.7 Å². The summed E-state index contributed by atoms with van der Waals surface area (Å²) in [6.07, 6.45) is 2.12. The van der Waals surface area contributed by atoms with E-state index in [-0.39, 0.29) is 14.0 Å². The second kappa shape index (κ2) is 5.37. The summed E-state index contributed by atoms with van der Waals surface area (Å²) in [5.41, 5.74) is 2.99. The Morgan fingerprint density at radius 3 is 2.81 bits per heavy atom. The van der Waals surface area contributed by atoms with Crippen molar-refractivity contribution in [1.82, 2.24) is 4.98 Å². The van der Waals surface area contributed by atoms with Gasteiger partial charge in [-0.1, -0.05) is 18.2 Å². The summed E-state index contributed by atoms with van der Waals surface area (Å²) in [7, 11) is 0. The highest BCUT2D eigenvalue weighted by Crippen LogP contribution is 2.51. The zero-order valence-electron chi connectivity index (χ0n) is 14.0. The Hall–Kier alpha value is -3.26. The standard InChI is InChI=1S/C21H16N2O3.H2/c22-11-16-9-14-2-1-13(7-17(14)23-16)8-20(24)21(5-6-21)15-3-4-18-19(10-15)26-12-25-18;/h1-4,7,9-10,23H,5-6,8,12H2;1H. The maximum atomic E-state index is 13.1. The van der Waals surface area contributed by atoms with Gasteiger partial charge in [0.25, 0.3) is 0 Å². The molecule has 26 heavy (non-hydrogen) atoms. The number of aromatic nitrogens is 1. The van der Waals surface area contributed by atoms with Crippen LogP contribution in [0.5, 0.6) is 11.5 Å². The Balaban J connectivity index is 0.00000180. The van der Waals surface area contributed by atoms with Crippen molar-refractivity contribution in [3.8, 4) is 17.6 Å². The van der Waals surface area contributed by atoms with Gasteiger partial charge in [-0.25, -0.2) is 0 Å². The van der Waals surface area contributed by atoms with Gasteiger partial charge in [0.05, 0.1) is 5.41 Å². The average molecular weight is 346 g/mol. The first-order valence-corrected chi connectivity index (χ1v) is 8.63. The minimum Gasteiger partial charge on any atom is -0.454 e. The quantitative estimate of drug-likeness (QED) is 0.778. The Morgan fingerprint density at radius 2 is 2.00 bits per heavy atom. The molecule has 2 aromatic carbocycles. The summed E-state index contributed by atoms with van der Waals surface area (Å²) in [6, 6.07) is 15.6. The van der Waals surface area contributed by atoms with Crippen LogP contribution in [0.3, 0.4) is 0 Å². The summed E-state index contributed by atoms with van der Waals surface area (Å²) in [6.45, 7) is 0.237. The first-order valence-electron chi connectivity index (χ1n) is 8.63. The fourth-order valence-electron chi connectivity index (χ4n) is 3.75. The van der Waals surface area contributed by atoms with Crippen molar-refractivity contribution in [1.29, 1.82) is 5.26 Å². The summed E-state index contributed by atoms with van der Waals surface area (Å²) >= 11 is 0. The number of carbonyl (C=O) groups is 1. The van der Waals surface area contributed by atoms with E-state index in [0.717, 1.165) is 46.4 Å². The van der Waals surface area contributed by atoms with Crippen LogP contribution in [0.2, 0.25) is 0 Å². The van der Waals surface area contributed by atoms with Crippen LogP contribution in [-0.4, -0.2) is 17.6 Å². The third kappa shape index (κ3) is 2.26. The summed E-state index contributed by atoms with van der Waals surface area (Å²) in [4.78, 5) is 16.1. The van der Waals surface area contributed by atoms with Gasteiger partial charge < -0.3 is 14.5 Å². The van der Waals surface area contributed by atoms with Gasteiger partial charge in [0.2, 0.25) is 6.79 Å². The van der Waals surface area contributed by atoms with Crippen LogP contribution in [0.4, 0.5) is 0 Å². The molecule has 0 amide bonds. The molecular weight excluding hydrogens is 328 g/mol. The first kappa shape index (κ1) is 15.0. The van der Waals surface area contributed by atoms with E-state index >= 15 is 0 Å². The number of carbonyl (C=O) groups excluding carboxylic acids is 1. The molecule has 0 unspecified atom stereocenters. The van der Waals surface area contributed by atoms with Crippen LogP contribution in [0.15, 0.2) is 42.5 Å². The fourth-order valence-corrected chi connectivity index (χ4v) is 3.75. The zero-order chi connectivity index (χ0) is 17.7. The van der Waals surface area contributed by atoms with E-state index in [0.29, 0.717) is 12.1 Å². The number of nitriles is 1. The van der Waals surface area contributed by atoms with E-state index < -0.39 is 5.41 Å². The van der Waals surface area contributed by atoms with Crippen molar-refractivity contribution in [2.45, 2.75) is 24.7 Å². The Kier molecular flexibility index (Phi) is 3.10. The van der Waals surface area contributed by atoms with Crippen LogP contribution in [0.25, 0.3) is 10.9 Å². The third-order valence-corrected chi connectivity index (χ3v) is 5.38. The molecule has 1 aliphatic carbocycles. The molecule has 0 spiro atoms. The molecule has 5 rings (SSSR count). The van der Waals surface area contributed by atoms with E-state index in [1.807, 2.05) is 42.5 Å². The number of nitrogens with one attached hydrogen (secondary N) is 1. The zero-order valence-corrected chi connectivity index (χ0v) is 14.0. The highest BCUT2D eigenvalue weighted by molar-refractivity contribution is 5.95. The lowest BCUT2D eigenvalue weighted by molar-refractivity contribution is -0.120. The molecule has 0 atom stereocenters. The van der Waals surface area contributed by atoms with Crippen molar-refractivity contribution < 1.29 is 15.7 Å². The molecule has 2 aliphatic rings. The number of rotatable bonds is 4. The Bertz CT molecular complexity index is 1090. The SMILES string of the molecule is N#Cc1cc2ccc(CC(=O)C3(c4ccc5c(c4)OCO5)CC3)cc2[nH]1.[HH]. The lowest BCUT2D eigenvalue weighted by atomic mass is 9.87. The topological polar surface area (TPSA) is 75.1 Å². The van der Waals surface area contributed by atoms with Crippen LogP contribution < -0.4 is 9.47 Å². The normalized spacial score (nSPS) is 16.4. The van der Waals surface area contributed by atoms with Crippen molar-refractivity contribution in [3.63, 3.8) is 0 Å². The minimum atomic E-state index is -0.399. The molecule has 0 saturated heterocycles. The number of aromatic amines is 1. The minimum absolute atomic E-state index is 0. The molecule has 1 saturated carbocycles. The number of fused-ring (bicyclic) bond motifs is 2. The van der Waals surface area contributed by atoms with E-state index in [2.05, 4.69) is 11.1 Å². The van der Waals surface area contributed by atoms with Crippen LogP contribution >= 0.6 is 0 Å². The number of hydrogen-bond acceptors (Lipinski definition) is 4. The van der Waals surface area contributed by atoms with E-state index in [1.165, 1.54) is 0 Å². The second-order valence-electron chi connectivity index (χ2n) is 6.97. The summed E-state index contributed by atoms with van der Waals surface area (Å²) < 4.78 is 10.8. The van der Waals surface area contributed by atoms with Gasteiger partial charge in [-0.2, -0.15) is 5.26 Å². The predicted octanol–water partition coefficient (Wildman–Crippen LogP) is 3.86. The molecule has 0 radical (unpaired) electrons. The number of Topliss-reactive ketones (excluding diaryl/α,β-unsaturated/α-hetero) is 1. The number of hydrogen-bond donors (Lipinski definition) is 1. The maximum Gasteiger partial charge on any atom is 0.231 e. The first-order chi connectivity index (χ1) is 12.7. The van der Waals surface area contributed by atoms with E-state index in [4.69, 9.17) is 14.7 Å². The molecule has 3 aromatic rings. The molecule has 1 aromatic heterocycles. The highest BCUT2D eigenvalue weighted by atomic mass is 16.7. The summed E-state index contributed by atoms with van der Waals surface area (Å²) in [5, 5.41) is 9.99. The predicted molar refractivity (Wildman–Crippen MR) is 97.3 cm³/mol. The van der Waals surface area contributed by atoms with Gasteiger partial charge in [0.15, 0.2) is 11.5 Å². The van der Waals surface area contributed by atoms with Gasteiger partial charge in [-0.05, 0) is 48.2 Å². The number of ketones is 1. The van der Waals surface area contributed by atoms with E-state index in [9.17, 15) is 4.79 Å². The monoisotopic (exact) mass is 346 g/mol. The Labute approximate surface area is 151 Å². The average Bonchev–Trinajstić information content (AvgIpc) is 3.16. The maximum absolute atomic E-state index is 13.1. The van der Waals surface area contributed by atoms with Gasteiger partial charge in [-0.3, -0.25) is 4.79 Å². The van der Waals surface area contributed by atoms with Gasteiger partial charge in [-0.15, -0.1) is 0 Å². The van der Waals surface area contributed by atoms with Crippen molar-refractivity contribution in [3.05, 3.63) is 59.3 Å². The summed E-state index contributed by atoms with van der Waals surface area (Å²) in [5.74, 6) is 1.68. The second-order valence-corrected chi connectivity index (χ2v) is 6.97. The molecule has 1 aliphatic heterocycles.